The first-order valence-electron chi connectivity index (χ1n) is 9.65. The first-order chi connectivity index (χ1) is 13.5. The quantitative estimate of drug-likeness (QED) is 0.792. The van der Waals surface area contributed by atoms with Gasteiger partial charge in [-0.05, 0) is 43.7 Å². The summed E-state index contributed by atoms with van der Waals surface area (Å²) in [5, 5.41) is 3.00. The van der Waals surface area contributed by atoms with Crippen LogP contribution in [0.3, 0.4) is 0 Å². The molecule has 1 aliphatic rings. The molecule has 0 radical (unpaired) electrons. The van der Waals surface area contributed by atoms with Gasteiger partial charge in [0.05, 0.1) is 30.9 Å². The van der Waals surface area contributed by atoms with Gasteiger partial charge in [-0.2, -0.15) is 0 Å². The van der Waals surface area contributed by atoms with Crippen LogP contribution in [0.4, 0.5) is 4.39 Å². The molecule has 1 saturated heterocycles. The van der Waals surface area contributed by atoms with Crippen LogP contribution < -0.4 is 10.1 Å². The van der Waals surface area contributed by atoms with Gasteiger partial charge in [-0.15, -0.1) is 0 Å². The number of morpholine rings is 1. The first kappa shape index (κ1) is 20.3. The third kappa shape index (κ3) is 5.30. The monoisotopic (exact) mass is 386 g/mol. The van der Waals surface area contributed by atoms with E-state index in [4.69, 9.17) is 9.47 Å². The number of amides is 1. The van der Waals surface area contributed by atoms with Crippen LogP contribution in [0.15, 0.2) is 48.5 Å². The van der Waals surface area contributed by atoms with E-state index in [1.807, 2.05) is 32.0 Å². The lowest BCUT2D eigenvalue weighted by molar-refractivity contribution is 0.0161. The summed E-state index contributed by atoms with van der Waals surface area (Å²) in [6, 6.07) is 13.6. The Balaban J connectivity index is 1.75. The van der Waals surface area contributed by atoms with Crippen LogP contribution in [0.2, 0.25) is 0 Å². The third-order valence-corrected chi connectivity index (χ3v) is 4.67. The van der Waals surface area contributed by atoms with Crippen molar-refractivity contribution in [1.29, 1.82) is 0 Å². The Hall–Kier alpha value is -2.44. The van der Waals surface area contributed by atoms with E-state index in [0.717, 1.165) is 18.7 Å². The van der Waals surface area contributed by atoms with Gasteiger partial charge in [0.15, 0.2) is 0 Å². The van der Waals surface area contributed by atoms with Crippen molar-refractivity contribution in [3.05, 3.63) is 65.5 Å². The van der Waals surface area contributed by atoms with Crippen LogP contribution in [0.25, 0.3) is 0 Å². The molecule has 1 fully saturated rings. The predicted molar refractivity (Wildman–Crippen MR) is 106 cm³/mol. The zero-order valence-corrected chi connectivity index (χ0v) is 16.4. The van der Waals surface area contributed by atoms with Crippen LogP contribution in [0.5, 0.6) is 5.75 Å². The van der Waals surface area contributed by atoms with Gasteiger partial charge in [-0.1, -0.05) is 24.3 Å². The van der Waals surface area contributed by atoms with Crippen LogP contribution in [0.1, 0.15) is 35.8 Å². The molecule has 1 N–H and O–H groups in total. The van der Waals surface area contributed by atoms with E-state index in [1.165, 1.54) is 12.1 Å². The second-order valence-electron chi connectivity index (χ2n) is 7.09. The molecule has 1 atom stereocenters. The standard InChI is InChI=1S/C22H27FN2O3/c1-16(2)28-21-9-4-3-8-19(21)22(26)24-15-20(25-10-12-27-13-11-25)17-6-5-7-18(23)14-17/h3-9,14,16,20H,10-13,15H2,1-2H3,(H,24,26). The molecular formula is C22H27FN2O3. The highest BCUT2D eigenvalue weighted by atomic mass is 19.1. The maximum Gasteiger partial charge on any atom is 0.255 e. The molecule has 0 saturated carbocycles. The Morgan fingerprint density at radius 3 is 2.64 bits per heavy atom. The first-order valence-corrected chi connectivity index (χ1v) is 9.65. The minimum absolute atomic E-state index is 0.0256. The molecule has 1 unspecified atom stereocenters. The molecule has 0 spiro atoms. The Morgan fingerprint density at radius 1 is 1.18 bits per heavy atom. The van der Waals surface area contributed by atoms with Crippen molar-refractivity contribution < 1.29 is 18.7 Å². The predicted octanol–water partition coefficient (Wildman–Crippen LogP) is 3.42. The molecule has 0 bridgehead atoms. The summed E-state index contributed by atoms with van der Waals surface area (Å²) in [6.45, 7) is 6.96. The van der Waals surface area contributed by atoms with Crippen molar-refractivity contribution in [3.63, 3.8) is 0 Å². The number of nitrogens with one attached hydrogen (secondary N) is 1. The second-order valence-corrected chi connectivity index (χ2v) is 7.09. The smallest absolute Gasteiger partial charge is 0.255 e. The van der Waals surface area contributed by atoms with E-state index in [-0.39, 0.29) is 23.9 Å². The maximum atomic E-state index is 13.8. The van der Waals surface area contributed by atoms with Crippen molar-refractivity contribution in [2.45, 2.75) is 26.0 Å². The summed E-state index contributed by atoms with van der Waals surface area (Å²) in [6.07, 6.45) is -0.0256. The van der Waals surface area contributed by atoms with E-state index in [0.29, 0.717) is 31.1 Å². The summed E-state index contributed by atoms with van der Waals surface area (Å²) in [5.74, 6) is 0.0763. The molecular weight excluding hydrogens is 359 g/mol. The molecule has 1 aliphatic heterocycles. The fraction of sp³-hybridized carbons (Fsp3) is 0.409. The average Bonchev–Trinajstić information content (AvgIpc) is 2.69. The second kappa shape index (κ2) is 9.66. The molecule has 5 nitrogen and oxygen atoms in total. The molecule has 6 heteroatoms. The van der Waals surface area contributed by atoms with E-state index in [9.17, 15) is 9.18 Å². The lowest BCUT2D eigenvalue weighted by atomic mass is 10.0. The van der Waals surface area contributed by atoms with Gasteiger partial charge < -0.3 is 14.8 Å². The number of para-hydroxylation sites is 1. The topological polar surface area (TPSA) is 50.8 Å². The number of benzene rings is 2. The molecule has 1 amide bonds. The average molecular weight is 386 g/mol. The van der Waals surface area contributed by atoms with Gasteiger partial charge in [-0.25, -0.2) is 4.39 Å². The SMILES string of the molecule is CC(C)Oc1ccccc1C(=O)NCC(c1cccc(F)c1)N1CCOCC1. The fourth-order valence-electron chi connectivity index (χ4n) is 3.36. The van der Waals surface area contributed by atoms with Gasteiger partial charge in [0.1, 0.15) is 11.6 Å². The van der Waals surface area contributed by atoms with Gasteiger partial charge >= 0.3 is 0 Å². The number of carbonyl (C=O) groups excluding carboxylic acids is 1. The Kier molecular flexibility index (Phi) is 7.01. The molecule has 0 aliphatic carbocycles. The zero-order valence-electron chi connectivity index (χ0n) is 16.4. The summed E-state index contributed by atoms with van der Waals surface area (Å²) in [7, 11) is 0. The van der Waals surface area contributed by atoms with Crippen molar-refractivity contribution in [1.82, 2.24) is 10.2 Å². The molecule has 2 aromatic carbocycles. The Bertz CT molecular complexity index is 791. The van der Waals surface area contributed by atoms with E-state index < -0.39 is 0 Å². The summed E-state index contributed by atoms with van der Waals surface area (Å²) >= 11 is 0. The highest BCUT2D eigenvalue weighted by Crippen LogP contribution is 2.23. The van der Waals surface area contributed by atoms with Crippen molar-refractivity contribution in [2.75, 3.05) is 32.8 Å². The van der Waals surface area contributed by atoms with Gasteiger partial charge in [-0.3, -0.25) is 9.69 Å². The number of hydrogen-bond donors (Lipinski definition) is 1. The molecule has 2 aromatic rings. The summed E-state index contributed by atoms with van der Waals surface area (Å²) in [4.78, 5) is 15.0. The number of hydrogen-bond acceptors (Lipinski definition) is 4. The lowest BCUT2D eigenvalue weighted by Crippen LogP contribution is -2.43. The number of rotatable bonds is 7. The fourth-order valence-corrected chi connectivity index (χ4v) is 3.36. The minimum atomic E-state index is -0.280. The molecule has 150 valence electrons. The maximum absolute atomic E-state index is 13.8. The summed E-state index contributed by atoms with van der Waals surface area (Å²) in [5.41, 5.74) is 1.34. The van der Waals surface area contributed by atoms with Gasteiger partial charge in [0.25, 0.3) is 5.91 Å². The number of ether oxygens (including phenoxy) is 2. The largest absolute Gasteiger partial charge is 0.490 e. The highest BCUT2D eigenvalue weighted by molar-refractivity contribution is 5.96. The lowest BCUT2D eigenvalue weighted by Gasteiger charge is -2.35. The van der Waals surface area contributed by atoms with Crippen molar-refractivity contribution in [2.24, 2.45) is 0 Å². The summed E-state index contributed by atoms with van der Waals surface area (Å²) < 4.78 is 25.0. The third-order valence-electron chi connectivity index (χ3n) is 4.67. The normalized spacial score (nSPS) is 16.0. The van der Waals surface area contributed by atoms with Gasteiger partial charge in [0, 0.05) is 19.6 Å². The minimum Gasteiger partial charge on any atom is -0.490 e. The molecule has 1 heterocycles. The number of carbonyl (C=O) groups is 1. The zero-order chi connectivity index (χ0) is 19.9. The van der Waals surface area contributed by atoms with E-state index in [2.05, 4.69) is 10.2 Å². The van der Waals surface area contributed by atoms with Crippen LogP contribution in [-0.2, 0) is 4.74 Å². The van der Waals surface area contributed by atoms with Gasteiger partial charge in [0.2, 0.25) is 0 Å². The van der Waals surface area contributed by atoms with Crippen LogP contribution in [-0.4, -0.2) is 49.8 Å². The van der Waals surface area contributed by atoms with E-state index in [1.54, 1.807) is 18.2 Å². The van der Waals surface area contributed by atoms with E-state index >= 15 is 0 Å². The molecule has 0 aromatic heterocycles. The number of nitrogens with zero attached hydrogens (tertiary/aromatic N) is 1. The molecule has 3 rings (SSSR count). The highest BCUT2D eigenvalue weighted by Gasteiger charge is 2.24. The Labute approximate surface area is 165 Å². The van der Waals surface area contributed by atoms with Crippen molar-refractivity contribution >= 4 is 5.91 Å². The Morgan fingerprint density at radius 2 is 1.93 bits per heavy atom. The number of halogens is 1. The molecule has 28 heavy (non-hydrogen) atoms. The van der Waals surface area contributed by atoms with Crippen LogP contribution >= 0.6 is 0 Å². The van der Waals surface area contributed by atoms with Crippen LogP contribution in [0, 0.1) is 5.82 Å². The van der Waals surface area contributed by atoms with Crippen molar-refractivity contribution in [3.8, 4) is 5.75 Å².